The first-order chi connectivity index (χ1) is 7.31. The number of aromatic nitrogens is 1. The van der Waals surface area contributed by atoms with Crippen molar-refractivity contribution in [3.63, 3.8) is 0 Å². The zero-order chi connectivity index (χ0) is 10.7. The fourth-order valence-electron chi connectivity index (χ4n) is 2.17. The minimum Gasteiger partial charge on any atom is -0.330 e. The van der Waals surface area contributed by atoms with E-state index in [-0.39, 0.29) is 12.4 Å². The molecule has 3 nitrogen and oxygen atoms in total. The molecule has 2 N–H and O–H groups in total. The Kier molecular flexibility index (Phi) is 5.69. The van der Waals surface area contributed by atoms with E-state index in [4.69, 9.17) is 5.73 Å². The first-order valence-electron chi connectivity index (χ1n) is 5.64. The van der Waals surface area contributed by atoms with Gasteiger partial charge in [-0.1, -0.05) is 0 Å². The van der Waals surface area contributed by atoms with Gasteiger partial charge < -0.3 is 5.73 Å². The van der Waals surface area contributed by atoms with Gasteiger partial charge in [0.25, 0.3) is 0 Å². The molecule has 1 atom stereocenters. The van der Waals surface area contributed by atoms with Crippen LogP contribution in [0.1, 0.15) is 30.8 Å². The van der Waals surface area contributed by atoms with Gasteiger partial charge in [0.05, 0.1) is 6.04 Å². The van der Waals surface area contributed by atoms with E-state index in [0.29, 0.717) is 6.04 Å². The molecule has 92 valence electrons. The first-order valence-corrected chi connectivity index (χ1v) is 6.52. The van der Waals surface area contributed by atoms with Gasteiger partial charge in [-0.05, 0) is 45.3 Å². The number of likely N-dealkylation sites (tertiary alicyclic amines) is 1. The van der Waals surface area contributed by atoms with E-state index in [0.717, 1.165) is 12.5 Å². The second kappa shape index (κ2) is 6.55. The molecule has 0 bridgehead atoms. The summed E-state index contributed by atoms with van der Waals surface area (Å²) in [6.07, 6.45) is 4.38. The SMILES string of the molecule is CC(c1nccs1)N1CCC(CN)CC1.Cl. The number of nitrogens with zero attached hydrogens (tertiary/aromatic N) is 2. The number of halogens is 1. The molecule has 1 unspecified atom stereocenters. The summed E-state index contributed by atoms with van der Waals surface area (Å²) < 4.78 is 0. The summed E-state index contributed by atoms with van der Waals surface area (Å²) >= 11 is 1.75. The number of hydrogen-bond donors (Lipinski definition) is 1. The lowest BCUT2D eigenvalue weighted by molar-refractivity contribution is 0.143. The number of nitrogens with two attached hydrogens (primary N) is 1. The smallest absolute Gasteiger partial charge is 0.109 e. The van der Waals surface area contributed by atoms with Crippen molar-refractivity contribution >= 4 is 23.7 Å². The van der Waals surface area contributed by atoms with Crippen LogP contribution in [0.15, 0.2) is 11.6 Å². The zero-order valence-corrected chi connectivity index (χ0v) is 11.3. The van der Waals surface area contributed by atoms with Gasteiger partial charge in [-0.15, -0.1) is 23.7 Å². The maximum atomic E-state index is 5.69. The van der Waals surface area contributed by atoms with Crippen molar-refractivity contribution in [1.29, 1.82) is 0 Å². The molecule has 1 aliphatic heterocycles. The Morgan fingerprint density at radius 1 is 1.56 bits per heavy atom. The Morgan fingerprint density at radius 2 is 2.25 bits per heavy atom. The molecule has 1 aromatic heterocycles. The molecule has 0 aliphatic carbocycles. The summed E-state index contributed by atoms with van der Waals surface area (Å²) in [7, 11) is 0. The Morgan fingerprint density at radius 3 is 2.75 bits per heavy atom. The second-order valence-electron chi connectivity index (χ2n) is 4.26. The number of hydrogen-bond acceptors (Lipinski definition) is 4. The van der Waals surface area contributed by atoms with Crippen LogP contribution >= 0.6 is 23.7 Å². The third-order valence-electron chi connectivity index (χ3n) is 3.34. The van der Waals surface area contributed by atoms with E-state index in [1.54, 1.807) is 11.3 Å². The van der Waals surface area contributed by atoms with Crippen molar-refractivity contribution < 1.29 is 0 Å². The van der Waals surface area contributed by atoms with E-state index in [1.807, 2.05) is 6.20 Å². The third kappa shape index (κ3) is 3.17. The molecule has 0 saturated carbocycles. The van der Waals surface area contributed by atoms with Crippen LogP contribution in [-0.2, 0) is 0 Å². The predicted molar refractivity (Wildman–Crippen MR) is 71.1 cm³/mol. The number of piperidine rings is 1. The van der Waals surface area contributed by atoms with Gasteiger partial charge in [-0.3, -0.25) is 4.90 Å². The lowest BCUT2D eigenvalue weighted by Gasteiger charge is -2.34. The fourth-order valence-corrected chi connectivity index (χ4v) is 2.90. The molecule has 1 aromatic rings. The van der Waals surface area contributed by atoms with Crippen molar-refractivity contribution in [3.8, 4) is 0 Å². The molecule has 16 heavy (non-hydrogen) atoms. The Labute approximate surface area is 107 Å². The molecule has 1 aliphatic rings. The van der Waals surface area contributed by atoms with Crippen molar-refractivity contribution in [2.24, 2.45) is 11.7 Å². The highest BCUT2D eigenvalue weighted by molar-refractivity contribution is 7.09. The minimum atomic E-state index is 0. The van der Waals surface area contributed by atoms with Crippen LogP contribution in [0.3, 0.4) is 0 Å². The third-order valence-corrected chi connectivity index (χ3v) is 4.28. The van der Waals surface area contributed by atoms with Gasteiger partial charge in [0, 0.05) is 11.6 Å². The second-order valence-corrected chi connectivity index (χ2v) is 5.19. The largest absolute Gasteiger partial charge is 0.330 e. The molecule has 0 spiro atoms. The van der Waals surface area contributed by atoms with E-state index in [1.165, 1.54) is 30.9 Å². The summed E-state index contributed by atoms with van der Waals surface area (Å²) in [6, 6.07) is 0.476. The summed E-state index contributed by atoms with van der Waals surface area (Å²) in [5.74, 6) is 0.741. The van der Waals surface area contributed by atoms with Gasteiger partial charge in [-0.25, -0.2) is 4.98 Å². The maximum Gasteiger partial charge on any atom is 0.109 e. The Hall–Kier alpha value is -0.160. The van der Waals surface area contributed by atoms with E-state index >= 15 is 0 Å². The van der Waals surface area contributed by atoms with Gasteiger partial charge in [0.1, 0.15) is 5.01 Å². The van der Waals surface area contributed by atoms with Crippen molar-refractivity contribution in [3.05, 3.63) is 16.6 Å². The van der Waals surface area contributed by atoms with Crippen LogP contribution in [0.25, 0.3) is 0 Å². The standard InChI is InChI=1S/C11H19N3S.ClH/c1-9(11-13-4-7-15-11)14-5-2-10(8-12)3-6-14;/h4,7,9-10H,2-3,5-6,8,12H2,1H3;1H. The number of rotatable bonds is 3. The highest BCUT2D eigenvalue weighted by atomic mass is 35.5. The van der Waals surface area contributed by atoms with E-state index in [2.05, 4.69) is 22.2 Å². The maximum absolute atomic E-state index is 5.69. The lowest BCUT2D eigenvalue weighted by atomic mass is 9.96. The van der Waals surface area contributed by atoms with E-state index < -0.39 is 0 Å². The molecule has 0 amide bonds. The average molecular weight is 262 g/mol. The topological polar surface area (TPSA) is 42.2 Å². The van der Waals surface area contributed by atoms with Crippen LogP contribution in [0.4, 0.5) is 0 Å². The van der Waals surface area contributed by atoms with Crippen molar-refractivity contribution in [1.82, 2.24) is 9.88 Å². The number of thiazole rings is 1. The predicted octanol–water partition coefficient (Wildman–Crippen LogP) is 2.30. The van der Waals surface area contributed by atoms with E-state index in [9.17, 15) is 0 Å². The highest BCUT2D eigenvalue weighted by Crippen LogP contribution is 2.26. The van der Waals surface area contributed by atoms with Gasteiger partial charge >= 0.3 is 0 Å². The minimum absolute atomic E-state index is 0. The molecule has 2 heterocycles. The zero-order valence-electron chi connectivity index (χ0n) is 9.63. The molecule has 0 aromatic carbocycles. The molecule has 5 heteroatoms. The van der Waals surface area contributed by atoms with Crippen molar-refractivity contribution in [2.75, 3.05) is 19.6 Å². The molecular weight excluding hydrogens is 242 g/mol. The van der Waals surface area contributed by atoms with Crippen molar-refractivity contribution in [2.45, 2.75) is 25.8 Å². The summed E-state index contributed by atoms with van der Waals surface area (Å²) in [4.78, 5) is 6.90. The quantitative estimate of drug-likeness (QED) is 0.908. The molecule has 2 rings (SSSR count). The Balaban J connectivity index is 0.00000128. The summed E-state index contributed by atoms with van der Waals surface area (Å²) in [6.45, 7) is 5.44. The molecule has 1 saturated heterocycles. The van der Waals surface area contributed by atoms with Crippen LogP contribution in [0.5, 0.6) is 0 Å². The Bertz CT molecular complexity index is 283. The summed E-state index contributed by atoms with van der Waals surface area (Å²) in [5.41, 5.74) is 5.69. The monoisotopic (exact) mass is 261 g/mol. The van der Waals surface area contributed by atoms with Gasteiger partial charge in [-0.2, -0.15) is 0 Å². The highest BCUT2D eigenvalue weighted by Gasteiger charge is 2.23. The molecule has 1 fully saturated rings. The van der Waals surface area contributed by atoms with Gasteiger partial charge in [0.15, 0.2) is 0 Å². The van der Waals surface area contributed by atoms with Crippen LogP contribution in [-0.4, -0.2) is 29.5 Å². The van der Waals surface area contributed by atoms with Crippen LogP contribution in [0.2, 0.25) is 0 Å². The molecule has 0 radical (unpaired) electrons. The van der Waals surface area contributed by atoms with Gasteiger partial charge in [0.2, 0.25) is 0 Å². The summed E-state index contributed by atoms with van der Waals surface area (Å²) in [5, 5.41) is 3.29. The lowest BCUT2D eigenvalue weighted by Crippen LogP contribution is -2.37. The molecular formula is C11H20ClN3S. The average Bonchev–Trinajstić information content (AvgIpc) is 2.82. The van der Waals surface area contributed by atoms with Crippen LogP contribution in [0, 0.1) is 5.92 Å². The normalized spacial score (nSPS) is 20.4. The fraction of sp³-hybridized carbons (Fsp3) is 0.727. The first kappa shape index (κ1) is 13.9. The van der Waals surface area contributed by atoms with Crippen LogP contribution < -0.4 is 5.73 Å².